The van der Waals surface area contributed by atoms with Crippen LogP contribution in [0.1, 0.15) is 49.5 Å². The van der Waals surface area contributed by atoms with E-state index < -0.39 is 0 Å². The molecule has 0 saturated heterocycles. The van der Waals surface area contributed by atoms with Crippen LogP contribution >= 0.6 is 27.5 Å². The maximum absolute atomic E-state index is 6.42. The van der Waals surface area contributed by atoms with Gasteiger partial charge in [-0.15, -0.1) is 11.6 Å². The minimum atomic E-state index is 0.189. The fourth-order valence-corrected chi connectivity index (χ4v) is 3.06. The molecule has 0 radical (unpaired) electrons. The molecule has 0 bridgehead atoms. The molecule has 2 heteroatoms. The lowest BCUT2D eigenvalue weighted by atomic mass is 9.98. The summed E-state index contributed by atoms with van der Waals surface area (Å²) in [6.45, 7) is 0. The highest BCUT2D eigenvalue weighted by atomic mass is 79.9. The molecule has 1 aromatic carbocycles. The summed E-state index contributed by atoms with van der Waals surface area (Å²) in [5.41, 5.74) is 1.25. The second-order valence-electron chi connectivity index (χ2n) is 4.75. The number of alkyl halides is 1. The smallest absolute Gasteiger partial charge is 0.0585 e. The predicted octanol–water partition coefficient (Wildman–Crippen LogP) is 5.70. The molecule has 1 saturated carbocycles. The Labute approximate surface area is 112 Å². The highest BCUT2D eigenvalue weighted by molar-refractivity contribution is 9.10. The summed E-state index contributed by atoms with van der Waals surface area (Å²) in [7, 11) is 0. The van der Waals surface area contributed by atoms with Gasteiger partial charge in [-0.1, -0.05) is 53.7 Å². The quantitative estimate of drug-likeness (QED) is 0.626. The van der Waals surface area contributed by atoms with Crippen LogP contribution in [0, 0.1) is 5.92 Å². The monoisotopic (exact) mass is 300 g/mol. The maximum atomic E-state index is 6.42. The highest BCUT2D eigenvalue weighted by Gasteiger charge is 2.17. The Kier molecular flexibility index (Phi) is 4.72. The molecule has 1 atom stereocenters. The molecule has 0 aromatic heterocycles. The number of benzene rings is 1. The molecular weight excluding hydrogens is 284 g/mol. The van der Waals surface area contributed by atoms with Crippen molar-refractivity contribution in [1.82, 2.24) is 0 Å². The molecule has 0 aliphatic heterocycles. The van der Waals surface area contributed by atoms with Gasteiger partial charge in [0.15, 0.2) is 0 Å². The number of hydrogen-bond acceptors (Lipinski definition) is 0. The zero-order valence-electron chi connectivity index (χ0n) is 9.46. The first-order valence-electron chi connectivity index (χ1n) is 6.15. The van der Waals surface area contributed by atoms with E-state index >= 15 is 0 Å². The average Bonchev–Trinajstić information content (AvgIpc) is 2.80. The molecule has 1 fully saturated rings. The Hall–Kier alpha value is -0.0100. The molecule has 88 valence electrons. The third-order valence-electron chi connectivity index (χ3n) is 3.53. The van der Waals surface area contributed by atoms with Crippen LogP contribution in [0.2, 0.25) is 0 Å². The summed E-state index contributed by atoms with van der Waals surface area (Å²) in [6, 6.07) is 8.38. The van der Waals surface area contributed by atoms with Gasteiger partial charge in [0.25, 0.3) is 0 Å². The van der Waals surface area contributed by atoms with Crippen molar-refractivity contribution < 1.29 is 0 Å². The van der Waals surface area contributed by atoms with E-state index in [4.69, 9.17) is 11.6 Å². The van der Waals surface area contributed by atoms with Gasteiger partial charge in [0.2, 0.25) is 0 Å². The van der Waals surface area contributed by atoms with Crippen LogP contribution in [0.25, 0.3) is 0 Å². The predicted molar refractivity (Wildman–Crippen MR) is 73.9 cm³/mol. The highest BCUT2D eigenvalue weighted by Crippen LogP contribution is 2.34. The Morgan fingerprint density at radius 2 is 1.81 bits per heavy atom. The van der Waals surface area contributed by atoms with Gasteiger partial charge in [-0.3, -0.25) is 0 Å². The fourth-order valence-electron chi connectivity index (χ4n) is 2.52. The lowest BCUT2D eigenvalue weighted by Crippen LogP contribution is -1.97. The molecule has 1 aliphatic carbocycles. The van der Waals surface area contributed by atoms with Gasteiger partial charge in [-0.05, 0) is 36.5 Å². The molecule has 16 heavy (non-hydrogen) atoms. The van der Waals surface area contributed by atoms with Crippen LogP contribution in [0.5, 0.6) is 0 Å². The standard InChI is InChI=1S/C14H18BrCl/c15-13-8-6-12(7-9-13)14(16)10-5-11-3-1-2-4-11/h6-9,11,14H,1-5,10H2. The van der Waals surface area contributed by atoms with Gasteiger partial charge < -0.3 is 0 Å². The molecule has 1 aliphatic rings. The van der Waals surface area contributed by atoms with Crippen LogP contribution in [0.3, 0.4) is 0 Å². The molecule has 2 rings (SSSR count). The third kappa shape index (κ3) is 3.49. The van der Waals surface area contributed by atoms with Crippen LogP contribution in [-0.2, 0) is 0 Å². The second-order valence-corrected chi connectivity index (χ2v) is 6.19. The van der Waals surface area contributed by atoms with Gasteiger partial charge in [-0.2, -0.15) is 0 Å². The van der Waals surface area contributed by atoms with Crippen LogP contribution in [0.4, 0.5) is 0 Å². The largest absolute Gasteiger partial charge is 0.118 e. The lowest BCUT2D eigenvalue weighted by Gasteiger charge is -2.13. The van der Waals surface area contributed by atoms with Crippen LogP contribution < -0.4 is 0 Å². The van der Waals surface area contributed by atoms with E-state index in [0.717, 1.165) is 16.8 Å². The normalized spacial score (nSPS) is 18.9. The van der Waals surface area contributed by atoms with E-state index in [1.807, 2.05) is 0 Å². The molecule has 1 unspecified atom stereocenters. The van der Waals surface area contributed by atoms with E-state index in [2.05, 4.69) is 40.2 Å². The van der Waals surface area contributed by atoms with E-state index in [1.54, 1.807) is 0 Å². The van der Waals surface area contributed by atoms with E-state index in [1.165, 1.54) is 37.7 Å². The molecule has 0 spiro atoms. The average molecular weight is 302 g/mol. The van der Waals surface area contributed by atoms with E-state index in [-0.39, 0.29) is 5.38 Å². The van der Waals surface area contributed by atoms with E-state index in [9.17, 15) is 0 Å². The summed E-state index contributed by atoms with van der Waals surface area (Å²) in [5.74, 6) is 0.941. The van der Waals surface area contributed by atoms with Crippen LogP contribution in [0.15, 0.2) is 28.7 Å². The molecule has 0 N–H and O–H groups in total. The Morgan fingerprint density at radius 3 is 2.44 bits per heavy atom. The summed E-state index contributed by atoms with van der Waals surface area (Å²) in [6.07, 6.45) is 8.11. The zero-order chi connectivity index (χ0) is 11.4. The van der Waals surface area contributed by atoms with Gasteiger partial charge in [0, 0.05) is 4.47 Å². The van der Waals surface area contributed by atoms with Crippen molar-refractivity contribution in [1.29, 1.82) is 0 Å². The van der Waals surface area contributed by atoms with E-state index in [0.29, 0.717) is 0 Å². The van der Waals surface area contributed by atoms with Gasteiger partial charge >= 0.3 is 0 Å². The van der Waals surface area contributed by atoms with Crippen molar-refractivity contribution in [2.45, 2.75) is 43.9 Å². The number of halogens is 2. The minimum Gasteiger partial charge on any atom is -0.118 e. The number of hydrogen-bond donors (Lipinski definition) is 0. The molecule has 0 amide bonds. The van der Waals surface area contributed by atoms with Crippen LogP contribution in [-0.4, -0.2) is 0 Å². The fraction of sp³-hybridized carbons (Fsp3) is 0.571. The molecular formula is C14H18BrCl. The van der Waals surface area contributed by atoms with Crippen molar-refractivity contribution >= 4 is 27.5 Å². The molecule has 1 aromatic rings. The first-order chi connectivity index (χ1) is 7.75. The summed E-state index contributed by atoms with van der Waals surface area (Å²) in [4.78, 5) is 0. The Balaban J connectivity index is 1.82. The molecule has 0 nitrogen and oxygen atoms in total. The van der Waals surface area contributed by atoms with Crippen molar-refractivity contribution in [3.05, 3.63) is 34.3 Å². The van der Waals surface area contributed by atoms with Gasteiger partial charge in [-0.25, -0.2) is 0 Å². The summed E-state index contributed by atoms with van der Waals surface area (Å²) < 4.78 is 1.12. The van der Waals surface area contributed by atoms with Crippen molar-refractivity contribution in [3.63, 3.8) is 0 Å². The minimum absolute atomic E-state index is 0.189. The van der Waals surface area contributed by atoms with Crippen molar-refractivity contribution in [2.75, 3.05) is 0 Å². The summed E-state index contributed by atoms with van der Waals surface area (Å²) in [5, 5.41) is 0.189. The maximum Gasteiger partial charge on any atom is 0.0585 e. The van der Waals surface area contributed by atoms with Crippen molar-refractivity contribution in [3.8, 4) is 0 Å². The van der Waals surface area contributed by atoms with Gasteiger partial charge in [0.1, 0.15) is 0 Å². The SMILES string of the molecule is ClC(CCC1CCCC1)c1ccc(Br)cc1. The summed E-state index contributed by atoms with van der Waals surface area (Å²) >= 11 is 9.87. The Bertz CT molecular complexity index is 314. The first-order valence-corrected chi connectivity index (χ1v) is 7.38. The topological polar surface area (TPSA) is 0 Å². The third-order valence-corrected chi connectivity index (χ3v) is 4.53. The lowest BCUT2D eigenvalue weighted by molar-refractivity contribution is 0.480. The first kappa shape index (κ1) is 12.4. The molecule has 0 heterocycles. The Morgan fingerprint density at radius 1 is 1.19 bits per heavy atom. The second kappa shape index (κ2) is 6.07. The van der Waals surface area contributed by atoms with Crippen molar-refractivity contribution in [2.24, 2.45) is 5.92 Å². The van der Waals surface area contributed by atoms with Gasteiger partial charge in [0.05, 0.1) is 5.38 Å². The number of rotatable bonds is 4. The zero-order valence-corrected chi connectivity index (χ0v) is 11.8.